The molecule has 0 aliphatic rings. The lowest BCUT2D eigenvalue weighted by Gasteiger charge is -2.38. The highest BCUT2D eigenvalue weighted by atomic mass is 28.4. The van der Waals surface area contributed by atoms with Gasteiger partial charge in [-0.25, -0.2) is 0 Å². The van der Waals surface area contributed by atoms with Crippen LogP contribution in [0.25, 0.3) is 0 Å². The van der Waals surface area contributed by atoms with Crippen LogP contribution in [-0.2, 0) is 4.43 Å². The van der Waals surface area contributed by atoms with E-state index < -0.39 is 22.5 Å². The Morgan fingerprint density at radius 3 is 2.12 bits per heavy atom. The Labute approximate surface area is 151 Å². The number of aliphatic hydroxyl groups excluding tert-OH is 1. The second-order valence-electron chi connectivity index (χ2n) is 8.81. The maximum Gasteiger partial charge on any atom is 0.191 e. The van der Waals surface area contributed by atoms with Crippen molar-refractivity contribution in [3.8, 4) is 0 Å². The minimum Gasteiger partial charge on any atom is -0.417 e. The van der Waals surface area contributed by atoms with Crippen LogP contribution in [0.1, 0.15) is 27.2 Å². The van der Waals surface area contributed by atoms with Gasteiger partial charge in [-0.2, -0.15) is 0 Å². The fourth-order valence-corrected chi connectivity index (χ4v) is 7.04. The molecule has 2 atom stereocenters. The molecule has 1 aromatic rings. The van der Waals surface area contributed by atoms with Crippen LogP contribution in [0, 0.1) is 0 Å². The maximum absolute atomic E-state index is 10.8. The van der Waals surface area contributed by atoms with Crippen LogP contribution in [-0.4, -0.2) is 34.2 Å². The van der Waals surface area contributed by atoms with E-state index in [9.17, 15) is 5.11 Å². The van der Waals surface area contributed by atoms with Gasteiger partial charge < -0.3 is 9.53 Å². The molecule has 1 rings (SSSR count). The molecule has 0 saturated heterocycles. The predicted octanol–water partition coefficient (Wildman–Crippen LogP) is 4.93. The molecule has 4 heteroatoms. The quantitative estimate of drug-likeness (QED) is 0.523. The van der Waals surface area contributed by atoms with Crippen LogP contribution in [0.5, 0.6) is 0 Å². The van der Waals surface area contributed by atoms with Gasteiger partial charge in [0, 0.05) is 12.1 Å². The van der Waals surface area contributed by atoms with E-state index in [1.165, 1.54) is 5.19 Å². The molecule has 24 heavy (non-hydrogen) atoms. The summed E-state index contributed by atoms with van der Waals surface area (Å²) < 4.78 is 6.24. The molecule has 136 valence electrons. The second kappa shape index (κ2) is 8.13. The monoisotopic (exact) mass is 364 g/mol. The second-order valence-corrected chi connectivity index (χ2v) is 18.3. The van der Waals surface area contributed by atoms with E-state index in [1.54, 1.807) is 0 Å². The molecule has 0 fully saturated rings. The first-order valence-corrected chi connectivity index (χ1v) is 14.9. The first-order valence-electron chi connectivity index (χ1n) is 8.93. The van der Waals surface area contributed by atoms with E-state index in [4.69, 9.17) is 4.43 Å². The topological polar surface area (TPSA) is 29.5 Å². The third-order valence-corrected chi connectivity index (χ3v) is 14.3. The molecular formula is C20H36O2Si2. The van der Waals surface area contributed by atoms with Gasteiger partial charge in [0.05, 0.1) is 14.2 Å². The zero-order valence-electron chi connectivity index (χ0n) is 16.6. The van der Waals surface area contributed by atoms with Crippen LogP contribution in [0.3, 0.4) is 0 Å². The first kappa shape index (κ1) is 21.4. The highest BCUT2D eigenvalue weighted by Crippen LogP contribution is 2.37. The molecule has 1 N–H and O–H groups in total. The van der Waals surface area contributed by atoms with Crippen LogP contribution < -0.4 is 5.19 Å². The molecule has 0 saturated carbocycles. The van der Waals surface area contributed by atoms with Gasteiger partial charge >= 0.3 is 0 Å². The van der Waals surface area contributed by atoms with Crippen LogP contribution in [0.15, 0.2) is 43.0 Å². The van der Waals surface area contributed by atoms with Crippen molar-refractivity contribution < 1.29 is 9.53 Å². The van der Waals surface area contributed by atoms with Gasteiger partial charge in [0.1, 0.15) is 0 Å². The van der Waals surface area contributed by atoms with E-state index in [0.717, 1.165) is 0 Å². The molecule has 0 spiro atoms. The summed E-state index contributed by atoms with van der Waals surface area (Å²) in [5, 5.41) is 12.4. The van der Waals surface area contributed by atoms with Crippen LogP contribution in [0.4, 0.5) is 0 Å². The van der Waals surface area contributed by atoms with E-state index in [0.29, 0.717) is 13.0 Å². The fraction of sp³-hybridized carbons (Fsp3) is 0.600. The van der Waals surface area contributed by atoms with Gasteiger partial charge in [-0.05, 0) is 24.6 Å². The van der Waals surface area contributed by atoms with Gasteiger partial charge in [-0.1, -0.05) is 75.5 Å². The Kier molecular flexibility index (Phi) is 7.23. The largest absolute Gasteiger partial charge is 0.417 e. The lowest BCUT2D eigenvalue weighted by molar-refractivity contribution is 0.136. The zero-order chi connectivity index (χ0) is 18.6. The third kappa shape index (κ3) is 5.15. The maximum atomic E-state index is 10.8. The minimum absolute atomic E-state index is 0.128. The van der Waals surface area contributed by atoms with Crippen LogP contribution in [0.2, 0.25) is 36.8 Å². The van der Waals surface area contributed by atoms with E-state index in [1.807, 2.05) is 12.1 Å². The average Bonchev–Trinajstić information content (AvgIpc) is 2.47. The van der Waals surface area contributed by atoms with Crippen molar-refractivity contribution in [2.45, 2.75) is 70.1 Å². The van der Waals surface area contributed by atoms with Crippen LogP contribution >= 0.6 is 0 Å². The number of benzene rings is 1. The van der Waals surface area contributed by atoms with E-state index >= 15 is 0 Å². The third-order valence-electron chi connectivity index (χ3n) is 5.70. The van der Waals surface area contributed by atoms with Crippen molar-refractivity contribution in [1.82, 2.24) is 0 Å². The Morgan fingerprint density at radius 2 is 1.67 bits per heavy atom. The summed E-state index contributed by atoms with van der Waals surface area (Å²) in [6.45, 7) is 20.5. The summed E-state index contributed by atoms with van der Waals surface area (Å²) >= 11 is 0. The molecule has 0 bridgehead atoms. The highest BCUT2D eigenvalue weighted by molar-refractivity contribution is 6.91. The predicted molar refractivity (Wildman–Crippen MR) is 111 cm³/mol. The Morgan fingerprint density at radius 1 is 1.12 bits per heavy atom. The molecule has 2 nitrogen and oxygen atoms in total. The summed E-state index contributed by atoms with van der Waals surface area (Å²) in [5.41, 5.74) is 0.128. The van der Waals surface area contributed by atoms with Gasteiger partial charge in [-0.3, -0.25) is 0 Å². The smallest absolute Gasteiger partial charge is 0.191 e. The van der Waals surface area contributed by atoms with Crippen molar-refractivity contribution in [1.29, 1.82) is 0 Å². The van der Waals surface area contributed by atoms with E-state index in [2.05, 4.69) is 77.8 Å². The molecule has 0 aliphatic heterocycles. The van der Waals surface area contributed by atoms with E-state index in [-0.39, 0.29) is 10.6 Å². The number of rotatable bonds is 8. The van der Waals surface area contributed by atoms with Crippen molar-refractivity contribution in [3.05, 3.63) is 43.0 Å². The van der Waals surface area contributed by atoms with Gasteiger partial charge in [0.2, 0.25) is 0 Å². The van der Waals surface area contributed by atoms with Crippen molar-refractivity contribution in [2.24, 2.45) is 0 Å². The zero-order valence-corrected chi connectivity index (χ0v) is 18.6. The lowest BCUT2D eigenvalue weighted by atomic mass is 10.2. The first-order chi connectivity index (χ1) is 10.9. The average molecular weight is 365 g/mol. The summed E-state index contributed by atoms with van der Waals surface area (Å²) in [6.07, 6.45) is 2.23. The molecule has 0 aliphatic carbocycles. The molecular weight excluding hydrogens is 328 g/mol. The highest BCUT2D eigenvalue weighted by Gasteiger charge is 2.39. The Bertz CT molecular complexity index is 518. The summed E-state index contributed by atoms with van der Waals surface area (Å²) in [5.74, 6) is 0. The molecule has 1 aromatic carbocycles. The van der Waals surface area contributed by atoms with Gasteiger partial charge in [0.25, 0.3) is 0 Å². The molecule has 0 unspecified atom stereocenters. The fourth-order valence-electron chi connectivity index (χ4n) is 2.82. The Hall–Kier alpha value is -0.686. The number of aliphatic hydroxyl groups is 1. The van der Waals surface area contributed by atoms with Gasteiger partial charge in [0.15, 0.2) is 8.32 Å². The molecule has 0 amide bonds. The van der Waals surface area contributed by atoms with Crippen molar-refractivity contribution in [2.75, 3.05) is 6.61 Å². The normalized spacial score (nSPS) is 15.8. The lowest BCUT2D eigenvalue weighted by Crippen LogP contribution is -2.49. The van der Waals surface area contributed by atoms with Crippen molar-refractivity contribution >= 4 is 21.6 Å². The summed E-state index contributed by atoms with van der Waals surface area (Å²) in [7, 11) is -3.57. The number of hydrogen-bond donors (Lipinski definition) is 1. The summed E-state index contributed by atoms with van der Waals surface area (Å²) in [4.78, 5) is 0. The Balaban J connectivity index is 2.74. The minimum atomic E-state index is -1.82. The standard InChI is InChI=1S/C20H36O2Si2/c1-9-19(23(5,6)17-13-11-10-12-14-17)18(21)15-16-22-24(7,8)20(2,3)4/h9-14,18-19,21H,1,15-16H2,2-8H3/t18-,19+/m1/s1. The van der Waals surface area contributed by atoms with Crippen molar-refractivity contribution in [3.63, 3.8) is 0 Å². The SMILES string of the molecule is C=C[C@@H]([C@H](O)CCO[Si](C)(C)C(C)(C)C)[Si](C)(C)c1ccccc1. The molecule has 0 heterocycles. The summed E-state index contributed by atoms with van der Waals surface area (Å²) in [6, 6.07) is 10.6. The molecule has 0 aromatic heterocycles. The van der Waals surface area contributed by atoms with Gasteiger partial charge in [-0.15, -0.1) is 6.58 Å². The number of hydrogen-bond acceptors (Lipinski definition) is 2. The molecule has 0 radical (unpaired) electrons.